The van der Waals surface area contributed by atoms with E-state index in [1.54, 1.807) is 6.92 Å². The molecule has 1 unspecified atom stereocenters. The Kier molecular flexibility index (Phi) is 5.43. The van der Waals surface area contributed by atoms with E-state index >= 15 is 0 Å². The smallest absolute Gasteiger partial charge is 0.271 e. The molecule has 0 heterocycles. The van der Waals surface area contributed by atoms with Crippen LogP contribution in [-0.2, 0) is 14.8 Å². The number of sulfonamides is 1. The van der Waals surface area contributed by atoms with Crippen molar-refractivity contribution >= 4 is 15.7 Å². The molecule has 1 rings (SSSR count). The van der Waals surface area contributed by atoms with Crippen molar-refractivity contribution in [2.75, 3.05) is 13.7 Å². The molecule has 0 amide bonds. The zero-order valence-electron chi connectivity index (χ0n) is 11.1. The fourth-order valence-corrected chi connectivity index (χ4v) is 2.17. The predicted octanol–water partition coefficient (Wildman–Crippen LogP) is 1.05. The summed E-state index contributed by atoms with van der Waals surface area (Å²) in [5.41, 5.74) is -0.370. The average molecular weight is 304 g/mol. The summed E-state index contributed by atoms with van der Waals surface area (Å²) in [5, 5.41) is 15.7. The molecule has 20 heavy (non-hydrogen) atoms. The van der Waals surface area contributed by atoms with Crippen LogP contribution in [0.3, 0.4) is 0 Å². The number of rotatable bonds is 7. The van der Waals surface area contributed by atoms with E-state index in [4.69, 9.17) is 14.6 Å². The van der Waals surface area contributed by atoms with Gasteiger partial charge in [-0.3, -0.25) is 10.1 Å². The maximum absolute atomic E-state index is 11.5. The number of nitrogens with two attached hydrogens (primary N) is 1. The standard InChI is InChI=1S/C11H16N2O6S/c1-8(5-6-18-2)19-10-4-3-9(13(14)15)7-11(10)20(12,16)17/h3-4,7-8H,5-6H2,1-2H3,(H2,12,16,17). The molecule has 9 heteroatoms. The zero-order valence-corrected chi connectivity index (χ0v) is 11.9. The molecule has 0 spiro atoms. The second-order valence-electron chi connectivity index (χ2n) is 4.14. The van der Waals surface area contributed by atoms with Crippen LogP contribution in [0.1, 0.15) is 13.3 Å². The third-order valence-corrected chi connectivity index (χ3v) is 3.43. The Morgan fingerprint density at radius 3 is 2.60 bits per heavy atom. The minimum absolute atomic E-state index is 0.0123. The van der Waals surface area contributed by atoms with Crippen molar-refractivity contribution in [2.24, 2.45) is 5.14 Å². The van der Waals surface area contributed by atoms with Gasteiger partial charge in [-0.15, -0.1) is 0 Å². The van der Waals surface area contributed by atoms with Gasteiger partial charge in [-0.1, -0.05) is 0 Å². The molecule has 0 saturated heterocycles. The lowest BCUT2D eigenvalue weighted by atomic mass is 10.2. The van der Waals surface area contributed by atoms with Crippen LogP contribution in [0.2, 0.25) is 0 Å². The largest absolute Gasteiger partial charge is 0.489 e. The van der Waals surface area contributed by atoms with Gasteiger partial charge in [0.15, 0.2) is 0 Å². The topological polar surface area (TPSA) is 122 Å². The minimum atomic E-state index is -4.12. The summed E-state index contributed by atoms with van der Waals surface area (Å²) in [5.74, 6) is -0.0123. The van der Waals surface area contributed by atoms with Crippen LogP contribution in [0.15, 0.2) is 23.1 Å². The van der Waals surface area contributed by atoms with E-state index in [1.807, 2.05) is 0 Å². The Labute approximate surface area is 116 Å². The molecule has 0 fully saturated rings. The van der Waals surface area contributed by atoms with Gasteiger partial charge < -0.3 is 9.47 Å². The molecule has 1 aromatic carbocycles. The van der Waals surface area contributed by atoms with Crippen LogP contribution >= 0.6 is 0 Å². The van der Waals surface area contributed by atoms with E-state index < -0.39 is 19.8 Å². The fourth-order valence-electron chi connectivity index (χ4n) is 1.49. The minimum Gasteiger partial charge on any atom is -0.489 e. The van der Waals surface area contributed by atoms with Crippen molar-refractivity contribution in [3.05, 3.63) is 28.3 Å². The van der Waals surface area contributed by atoms with Crippen LogP contribution in [0.4, 0.5) is 5.69 Å². The maximum atomic E-state index is 11.5. The van der Waals surface area contributed by atoms with Gasteiger partial charge in [-0.2, -0.15) is 0 Å². The summed E-state index contributed by atoms with van der Waals surface area (Å²) in [7, 11) is -2.58. The number of hydrogen-bond acceptors (Lipinski definition) is 6. The lowest BCUT2D eigenvalue weighted by Crippen LogP contribution is -2.19. The predicted molar refractivity (Wildman–Crippen MR) is 71.1 cm³/mol. The summed E-state index contributed by atoms with van der Waals surface area (Å²) < 4.78 is 33.3. The Hall–Kier alpha value is -1.71. The summed E-state index contributed by atoms with van der Waals surface area (Å²) in [6.07, 6.45) is 0.217. The quantitative estimate of drug-likeness (QED) is 0.593. The number of non-ortho nitro benzene ring substituents is 1. The number of ether oxygens (including phenoxy) is 2. The molecular weight excluding hydrogens is 288 g/mol. The van der Waals surface area contributed by atoms with Crippen LogP contribution in [0, 0.1) is 10.1 Å². The molecule has 8 nitrogen and oxygen atoms in total. The van der Waals surface area contributed by atoms with E-state index in [9.17, 15) is 18.5 Å². The molecule has 0 aliphatic heterocycles. The van der Waals surface area contributed by atoms with Gasteiger partial charge in [-0.05, 0) is 13.0 Å². The van der Waals surface area contributed by atoms with Crippen molar-refractivity contribution in [1.29, 1.82) is 0 Å². The lowest BCUT2D eigenvalue weighted by Gasteiger charge is -2.16. The Morgan fingerprint density at radius 1 is 1.45 bits per heavy atom. The van der Waals surface area contributed by atoms with Crippen molar-refractivity contribution in [1.82, 2.24) is 0 Å². The van der Waals surface area contributed by atoms with E-state index in [0.717, 1.165) is 12.1 Å². The molecule has 2 N–H and O–H groups in total. The normalized spacial score (nSPS) is 12.9. The third-order valence-electron chi connectivity index (χ3n) is 2.50. The molecule has 1 aromatic rings. The highest BCUT2D eigenvalue weighted by Gasteiger charge is 2.21. The van der Waals surface area contributed by atoms with Crippen molar-refractivity contribution in [3.8, 4) is 5.75 Å². The van der Waals surface area contributed by atoms with Crippen molar-refractivity contribution < 1.29 is 22.8 Å². The van der Waals surface area contributed by atoms with Crippen molar-refractivity contribution in [3.63, 3.8) is 0 Å². The van der Waals surface area contributed by atoms with Crippen LogP contribution in [0.25, 0.3) is 0 Å². The van der Waals surface area contributed by atoms with Gasteiger partial charge in [0, 0.05) is 32.3 Å². The molecule has 0 aromatic heterocycles. The highest BCUT2D eigenvalue weighted by Crippen LogP contribution is 2.28. The van der Waals surface area contributed by atoms with E-state index in [0.29, 0.717) is 13.0 Å². The second-order valence-corrected chi connectivity index (χ2v) is 5.67. The van der Waals surface area contributed by atoms with Gasteiger partial charge in [0.05, 0.1) is 11.0 Å². The highest BCUT2D eigenvalue weighted by atomic mass is 32.2. The SMILES string of the molecule is COCCC(C)Oc1ccc([N+](=O)[O-])cc1S(N)(=O)=O. The first-order chi connectivity index (χ1) is 9.25. The monoisotopic (exact) mass is 304 g/mol. The first kappa shape index (κ1) is 16.3. The summed E-state index contributed by atoms with van der Waals surface area (Å²) in [6, 6.07) is 3.27. The molecule has 112 valence electrons. The zero-order chi connectivity index (χ0) is 15.3. The third kappa shape index (κ3) is 4.44. The van der Waals surface area contributed by atoms with E-state index in [2.05, 4.69) is 0 Å². The first-order valence-corrected chi connectivity index (χ1v) is 7.27. The molecule has 0 saturated carbocycles. The van der Waals surface area contributed by atoms with Crippen LogP contribution in [-0.4, -0.2) is 33.2 Å². The summed E-state index contributed by atoms with van der Waals surface area (Å²) in [4.78, 5) is 9.56. The Balaban J connectivity index is 3.10. The molecular formula is C11H16N2O6S. The van der Waals surface area contributed by atoms with Crippen LogP contribution < -0.4 is 9.88 Å². The van der Waals surface area contributed by atoms with Gasteiger partial charge >= 0.3 is 0 Å². The number of benzene rings is 1. The second kappa shape index (κ2) is 6.64. The number of primary sulfonamides is 1. The van der Waals surface area contributed by atoms with Gasteiger partial charge in [0.25, 0.3) is 5.69 Å². The molecule has 0 radical (unpaired) electrons. The summed E-state index contributed by atoms with van der Waals surface area (Å²) >= 11 is 0. The number of nitro groups is 1. The van der Waals surface area contributed by atoms with E-state index in [1.165, 1.54) is 13.2 Å². The van der Waals surface area contributed by atoms with Gasteiger partial charge in [-0.25, -0.2) is 13.6 Å². The molecule has 1 atom stereocenters. The molecule has 0 aliphatic carbocycles. The first-order valence-electron chi connectivity index (χ1n) is 5.72. The Bertz CT molecular complexity index is 587. The molecule has 0 bridgehead atoms. The number of methoxy groups -OCH3 is 1. The van der Waals surface area contributed by atoms with Crippen LogP contribution in [0.5, 0.6) is 5.75 Å². The number of nitrogens with zero attached hydrogens (tertiary/aromatic N) is 1. The Morgan fingerprint density at radius 2 is 2.10 bits per heavy atom. The summed E-state index contributed by atoms with van der Waals surface area (Å²) in [6.45, 7) is 2.17. The van der Waals surface area contributed by atoms with Gasteiger partial charge in [0.2, 0.25) is 10.0 Å². The average Bonchev–Trinajstić information content (AvgIpc) is 2.35. The number of hydrogen-bond donors (Lipinski definition) is 1. The number of nitro benzene ring substituents is 1. The van der Waals surface area contributed by atoms with E-state index in [-0.39, 0.29) is 17.5 Å². The fraction of sp³-hybridized carbons (Fsp3) is 0.455. The lowest BCUT2D eigenvalue weighted by molar-refractivity contribution is -0.385. The van der Waals surface area contributed by atoms with Crippen molar-refractivity contribution in [2.45, 2.75) is 24.3 Å². The maximum Gasteiger partial charge on any atom is 0.271 e. The molecule has 0 aliphatic rings. The highest BCUT2D eigenvalue weighted by molar-refractivity contribution is 7.89. The van der Waals surface area contributed by atoms with Gasteiger partial charge in [0.1, 0.15) is 10.6 Å².